The number of carbonyl (C=O) groups is 1. The SMILES string of the molecule is CC(C)(C)OC(=O)Nc1cccc(C(I)OS(C)(=O)=O)c1. The van der Waals surface area contributed by atoms with Gasteiger partial charge < -0.3 is 4.74 Å². The van der Waals surface area contributed by atoms with Crippen LogP contribution in [0.1, 0.15) is 30.4 Å². The lowest BCUT2D eigenvalue weighted by molar-refractivity contribution is 0.0636. The van der Waals surface area contributed by atoms with Gasteiger partial charge in [-0.2, -0.15) is 8.42 Å². The van der Waals surface area contributed by atoms with Crippen molar-refractivity contribution in [3.8, 4) is 0 Å². The topological polar surface area (TPSA) is 81.7 Å². The third kappa shape index (κ3) is 7.63. The van der Waals surface area contributed by atoms with Crippen LogP contribution in [0.2, 0.25) is 0 Å². The van der Waals surface area contributed by atoms with Gasteiger partial charge in [-0.3, -0.25) is 9.50 Å². The van der Waals surface area contributed by atoms with Crippen LogP contribution < -0.4 is 5.32 Å². The van der Waals surface area contributed by atoms with E-state index in [0.717, 1.165) is 6.26 Å². The number of hydrogen-bond acceptors (Lipinski definition) is 5. The van der Waals surface area contributed by atoms with Crippen molar-refractivity contribution in [2.75, 3.05) is 11.6 Å². The molecule has 0 aliphatic rings. The second-order valence-corrected chi connectivity index (χ2v) is 8.10. The maximum atomic E-state index is 11.7. The molecule has 1 N–H and O–H groups in total. The smallest absolute Gasteiger partial charge is 0.412 e. The highest BCUT2D eigenvalue weighted by molar-refractivity contribution is 14.1. The number of rotatable bonds is 4. The first kappa shape index (κ1) is 18.2. The molecule has 21 heavy (non-hydrogen) atoms. The second-order valence-electron chi connectivity index (χ2n) is 5.37. The predicted octanol–water partition coefficient (Wildman–Crippen LogP) is 3.44. The summed E-state index contributed by atoms with van der Waals surface area (Å²) in [4.78, 5) is 11.7. The van der Waals surface area contributed by atoms with Gasteiger partial charge in [-0.05, 0) is 61.1 Å². The lowest BCUT2D eigenvalue weighted by Crippen LogP contribution is -2.27. The summed E-state index contributed by atoms with van der Waals surface area (Å²) in [6.07, 6.45) is 0.412. The van der Waals surface area contributed by atoms with Crippen LogP contribution in [0.3, 0.4) is 0 Å². The first-order valence-electron chi connectivity index (χ1n) is 6.08. The highest BCUT2D eigenvalue weighted by Crippen LogP contribution is 2.28. The van der Waals surface area contributed by atoms with E-state index in [2.05, 4.69) is 5.32 Å². The van der Waals surface area contributed by atoms with E-state index >= 15 is 0 Å². The number of nitrogens with one attached hydrogen (secondary N) is 1. The number of ether oxygens (including phenoxy) is 1. The van der Waals surface area contributed by atoms with Crippen LogP contribution in [0.25, 0.3) is 0 Å². The summed E-state index contributed by atoms with van der Waals surface area (Å²) in [5, 5.41) is 2.59. The molecule has 1 unspecified atom stereocenters. The highest BCUT2D eigenvalue weighted by Gasteiger charge is 2.18. The van der Waals surface area contributed by atoms with Gasteiger partial charge in [0.2, 0.25) is 0 Å². The Hall–Kier alpha value is -0.870. The monoisotopic (exact) mass is 427 g/mol. The van der Waals surface area contributed by atoms with Gasteiger partial charge in [0.1, 0.15) is 5.60 Å². The molecular weight excluding hydrogens is 409 g/mol. The van der Waals surface area contributed by atoms with Gasteiger partial charge in [-0.1, -0.05) is 12.1 Å². The number of carbonyl (C=O) groups excluding carboxylic acids is 1. The van der Waals surface area contributed by atoms with Gasteiger partial charge in [0.25, 0.3) is 10.1 Å². The number of alkyl halides is 1. The Morgan fingerprint density at radius 1 is 1.33 bits per heavy atom. The van der Waals surface area contributed by atoms with E-state index in [1.807, 2.05) is 22.6 Å². The minimum Gasteiger partial charge on any atom is -0.444 e. The molecule has 1 aromatic rings. The van der Waals surface area contributed by atoms with Gasteiger partial charge in [-0.25, -0.2) is 4.79 Å². The molecule has 118 valence electrons. The molecule has 0 radical (unpaired) electrons. The number of anilines is 1. The molecule has 0 spiro atoms. The average molecular weight is 427 g/mol. The van der Waals surface area contributed by atoms with Gasteiger partial charge in [-0.15, -0.1) is 0 Å². The third-order valence-electron chi connectivity index (χ3n) is 2.05. The minimum absolute atomic E-state index is 0.500. The number of benzene rings is 1. The van der Waals surface area contributed by atoms with Crippen molar-refractivity contribution in [1.29, 1.82) is 0 Å². The standard InChI is InChI=1S/C13H18INO5S/c1-13(2,3)19-12(16)15-10-7-5-6-9(8-10)11(14)20-21(4,17)18/h5-8,11H,1-4H3,(H,15,16). The van der Waals surface area contributed by atoms with E-state index < -0.39 is 25.9 Å². The number of hydrogen-bond donors (Lipinski definition) is 1. The van der Waals surface area contributed by atoms with Gasteiger partial charge >= 0.3 is 6.09 Å². The highest BCUT2D eigenvalue weighted by atomic mass is 127. The molecule has 1 aromatic carbocycles. The summed E-state index contributed by atoms with van der Waals surface area (Å²) in [7, 11) is -3.55. The van der Waals surface area contributed by atoms with Crippen molar-refractivity contribution in [2.45, 2.75) is 30.5 Å². The Labute approximate surface area is 138 Å². The van der Waals surface area contributed by atoms with Crippen LogP contribution in [-0.4, -0.2) is 26.4 Å². The lowest BCUT2D eigenvalue weighted by atomic mass is 10.2. The normalized spacial score (nSPS) is 13.6. The Morgan fingerprint density at radius 2 is 1.95 bits per heavy atom. The van der Waals surface area contributed by atoms with E-state index in [1.54, 1.807) is 45.0 Å². The zero-order valence-electron chi connectivity index (χ0n) is 12.2. The first-order valence-corrected chi connectivity index (χ1v) is 9.15. The zero-order valence-corrected chi connectivity index (χ0v) is 15.2. The molecule has 0 fully saturated rings. The van der Waals surface area contributed by atoms with Gasteiger partial charge in [0.15, 0.2) is 4.11 Å². The Balaban J connectivity index is 2.79. The van der Waals surface area contributed by atoms with E-state index in [1.165, 1.54) is 0 Å². The molecule has 0 aromatic heterocycles. The fourth-order valence-electron chi connectivity index (χ4n) is 1.39. The molecule has 8 heteroatoms. The third-order valence-corrected chi connectivity index (χ3v) is 3.91. The fraction of sp³-hybridized carbons (Fsp3) is 0.462. The predicted molar refractivity (Wildman–Crippen MR) is 89.0 cm³/mol. The molecule has 0 aliphatic heterocycles. The number of amides is 1. The summed E-state index contributed by atoms with van der Waals surface area (Å²) < 4.78 is 31.6. The molecular formula is C13H18INO5S. The molecule has 1 atom stereocenters. The summed E-state index contributed by atoms with van der Waals surface area (Å²) in [6.45, 7) is 5.30. The van der Waals surface area contributed by atoms with Crippen molar-refractivity contribution >= 4 is 44.5 Å². The van der Waals surface area contributed by atoms with Crippen LogP contribution >= 0.6 is 22.6 Å². The zero-order chi connectivity index (χ0) is 16.3. The second kappa shape index (κ2) is 6.93. The van der Waals surface area contributed by atoms with E-state index in [0.29, 0.717) is 11.3 Å². The summed E-state index contributed by atoms with van der Waals surface area (Å²) >= 11 is 1.86. The van der Waals surface area contributed by atoms with Crippen molar-refractivity contribution in [2.24, 2.45) is 0 Å². The van der Waals surface area contributed by atoms with Crippen molar-refractivity contribution in [1.82, 2.24) is 0 Å². The molecule has 0 saturated heterocycles. The molecule has 0 aliphatic carbocycles. The largest absolute Gasteiger partial charge is 0.444 e. The Kier molecular flexibility index (Phi) is 6.00. The van der Waals surface area contributed by atoms with Gasteiger partial charge in [0, 0.05) is 5.69 Å². The minimum atomic E-state index is -3.55. The summed E-state index contributed by atoms with van der Waals surface area (Å²) in [6, 6.07) is 6.71. The van der Waals surface area contributed by atoms with Crippen LogP contribution in [0.15, 0.2) is 24.3 Å². The fourth-order valence-corrected chi connectivity index (χ4v) is 3.32. The average Bonchev–Trinajstić information content (AvgIpc) is 2.24. The molecule has 0 bridgehead atoms. The lowest BCUT2D eigenvalue weighted by Gasteiger charge is -2.20. The van der Waals surface area contributed by atoms with E-state index in [-0.39, 0.29) is 0 Å². The molecule has 0 saturated carbocycles. The summed E-state index contributed by atoms with van der Waals surface area (Å²) in [5.41, 5.74) is 0.530. The molecule has 1 rings (SSSR count). The van der Waals surface area contributed by atoms with Crippen molar-refractivity contribution in [3.05, 3.63) is 29.8 Å². The van der Waals surface area contributed by atoms with Gasteiger partial charge in [0.05, 0.1) is 6.26 Å². The molecule has 0 heterocycles. The van der Waals surface area contributed by atoms with Crippen LogP contribution in [0.5, 0.6) is 0 Å². The number of halogens is 1. The maximum absolute atomic E-state index is 11.7. The first-order chi connectivity index (χ1) is 9.46. The molecule has 1 amide bonds. The molecule has 6 nitrogen and oxygen atoms in total. The quantitative estimate of drug-likeness (QED) is 0.452. The van der Waals surface area contributed by atoms with Crippen LogP contribution in [-0.2, 0) is 19.0 Å². The maximum Gasteiger partial charge on any atom is 0.412 e. The summed E-state index contributed by atoms with van der Waals surface area (Å²) in [5.74, 6) is 0. The Bertz CT molecular complexity index is 609. The van der Waals surface area contributed by atoms with Crippen LogP contribution in [0, 0.1) is 0 Å². The van der Waals surface area contributed by atoms with Crippen LogP contribution in [0.4, 0.5) is 10.5 Å². The Morgan fingerprint density at radius 3 is 2.48 bits per heavy atom. The van der Waals surface area contributed by atoms with E-state index in [9.17, 15) is 13.2 Å². The van der Waals surface area contributed by atoms with Crippen molar-refractivity contribution < 1.29 is 22.1 Å². The van der Waals surface area contributed by atoms with E-state index in [4.69, 9.17) is 8.92 Å². The van der Waals surface area contributed by atoms with Crippen molar-refractivity contribution in [3.63, 3.8) is 0 Å².